The van der Waals surface area contributed by atoms with Gasteiger partial charge in [-0.15, -0.1) is 0 Å². The van der Waals surface area contributed by atoms with Gasteiger partial charge in [0.25, 0.3) is 0 Å². The molecule has 0 aromatic heterocycles. The maximum Gasteiger partial charge on any atom is 0.310 e. The van der Waals surface area contributed by atoms with Crippen LogP contribution in [0.2, 0.25) is 0 Å². The molecule has 0 saturated heterocycles. The minimum Gasteiger partial charge on any atom is -0.491 e. The molecule has 0 saturated carbocycles. The molecule has 2 N–H and O–H groups in total. The Kier molecular flexibility index (Phi) is 6.62. The average Bonchev–Trinajstić information content (AvgIpc) is 2.46. The molecule has 0 amide bonds. The van der Waals surface area contributed by atoms with E-state index in [-0.39, 0.29) is 5.75 Å². The number of halogens is 1. The summed E-state index contributed by atoms with van der Waals surface area (Å²) in [6.45, 7) is 6.76. The second-order valence-corrected chi connectivity index (χ2v) is 5.09. The molecule has 0 radical (unpaired) electrons. The Hall–Kier alpha value is -1.62. The summed E-state index contributed by atoms with van der Waals surface area (Å²) in [5, 5.41) is 12.5. The minimum absolute atomic E-state index is 0.239. The van der Waals surface area contributed by atoms with Gasteiger partial charge in [0, 0.05) is 13.1 Å². The number of rotatable bonds is 9. The van der Waals surface area contributed by atoms with Crippen LogP contribution in [0.1, 0.15) is 39.2 Å². The van der Waals surface area contributed by atoms with E-state index in [2.05, 4.69) is 5.32 Å². The fraction of sp³-hybridized carbons (Fsp3) is 0.562. The zero-order chi connectivity index (χ0) is 15.9. The van der Waals surface area contributed by atoms with Crippen LogP contribution >= 0.6 is 0 Å². The number of hydrogen-bond donors (Lipinski definition) is 2. The van der Waals surface area contributed by atoms with Crippen LogP contribution in [0.3, 0.4) is 0 Å². The van der Waals surface area contributed by atoms with Crippen LogP contribution in [0.4, 0.5) is 4.39 Å². The van der Waals surface area contributed by atoms with Gasteiger partial charge < -0.3 is 15.2 Å². The van der Waals surface area contributed by atoms with Crippen molar-refractivity contribution in [2.45, 2.75) is 40.2 Å². The quantitative estimate of drug-likeness (QED) is 0.735. The highest BCUT2D eigenvalue weighted by Crippen LogP contribution is 2.26. The molecule has 21 heavy (non-hydrogen) atoms. The van der Waals surface area contributed by atoms with Crippen molar-refractivity contribution >= 4 is 5.97 Å². The maximum absolute atomic E-state index is 13.7. The predicted molar refractivity (Wildman–Crippen MR) is 79.9 cm³/mol. The van der Waals surface area contributed by atoms with Crippen LogP contribution in [0.15, 0.2) is 18.2 Å². The Morgan fingerprint density at radius 1 is 1.33 bits per heavy atom. The molecule has 0 aliphatic rings. The van der Waals surface area contributed by atoms with Crippen LogP contribution in [-0.4, -0.2) is 24.2 Å². The highest BCUT2D eigenvalue weighted by Gasteiger charge is 2.34. The lowest BCUT2D eigenvalue weighted by molar-refractivity contribution is -0.149. The normalized spacial score (nSPS) is 11.4. The van der Waals surface area contributed by atoms with Crippen molar-refractivity contribution in [1.82, 2.24) is 5.32 Å². The summed E-state index contributed by atoms with van der Waals surface area (Å²) in [5.41, 5.74) is 0.00604. The third-order valence-corrected chi connectivity index (χ3v) is 3.90. The van der Waals surface area contributed by atoms with Crippen molar-refractivity contribution in [2.24, 2.45) is 5.41 Å². The second-order valence-electron chi connectivity index (χ2n) is 5.09. The average molecular weight is 297 g/mol. The molecule has 0 spiro atoms. The van der Waals surface area contributed by atoms with Crippen molar-refractivity contribution in [3.8, 4) is 5.75 Å². The van der Waals surface area contributed by atoms with E-state index in [1.54, 1.807) is 19.1 Å². The van der Waals surface area contributed by atoms with Crippen LogP contribution in [0, 0.1) is 11.2 Å². The van der Waals surface area contributed by atoms with Gasteiger partial charge in [0.15, 0.2) is 11.6 Å². The largest absolute Gasteiger partial charge is 0.491 e. The van der Waals surface area contributed by atoms with Crippen LogP contribution in [0.25, 0.3) is 0 Å². The lowest BCUT2D eigenvalue weighted by atomic mass is 9.82. The molecule has 0 bridgehead atoms. The monoisotopic (exact) mass is 297 g/mol. The topological polar surface area (TPSA) is 58.6 Å². The van der Waals surface area contributed by atoms with Gasteiger partial charge in [-0.1, -0.05) is 19.9 Å². The fourth-order valence-electron chi connectivity index (χ4n) is 2.25. The Morgan fingerprint density at radius 3 is 2.48 bits per heavy atom. The molecule has 118 valence electrons. The second kappa shape index (κ2) is 7.98. The fourth-order valence-corrected chi connectivity index (χ4v) is 2.25. The Balaban J connectivity index is 2.63. The Labute approximate surface area is 125 Å². The Bertz CT molecular complexity index is 473. The number of nitrogens with one attached hydrogen (secondary N) is 1. The van der Waals surface area contributed by atoms with Crippen molar-refractivity contribution in [1.29, 1.82) is 0 Å². The third kappa shape index (κ3) is 4.43. The number of ether oxygens (including phenoxy) is 1. The molecule has 0 aliphatic heterocycles. The molecule has 4 nitrogen and oxygen atoms in total. The smallest absolute Gasteiger partial charge is 0.310 e. The number of hydrogen-bond acceptors (Lipinski definition) is 3. The lowest BCUT2D eigenvalue weighted by Gasteiger charge is -2.27. The SMILES string of the molecule is CCOc1ccc(CNCC(CC)(CC)C(=O)O)cc1F. The number of carboxylic acids is 1. The van der Waals surface area contributed by atoms with Gasteiger partial charge in [0.05, 0.1) is 12.0 Å². The van der Waals surface area contributed by atoms with Crippen molar-refractivity contribution < 1.29 is 19.0 Å². The summed E-state index contributed by atoms with van der Waals surface area (Å²) in [6, 6.07) is 4.79. The van der Waals surface area contributed by atoms with E-state index in [0.29, 0.717) is 32.5 Å². The lowest BCUT2D eigenvalue weighted by Crippen LogP contribution is -2.40. The van der Waals surface area contributed by atoms with E-state index < -0.39 is 17.2 Å². The molecule has 1 aromatic carbocycles. The highest BCUT2D eigenvalue weighted by molar-refractivity contribution is 5.74. The summed E-state index contributed by atoms with van der Waals surface area (Å²) in [7, 11) is 0. The van der Waals surface area contributed by atoms with E-state index in [9.17, 15) is 14.3 Å². The summed E-state index contributed by atoms with van der Waals surface area (Å²) in [6.07, 6.45) is 1.12. The van der Waals surface area contributed by atoms with E-state index in [1.165, 1.54) is 6.07 Å². The van der Waals surface area contributed by atoms with Gasteiger partial charge in [-0.3, -0.25) is 4.79 Å². The molecule has 1 rings (SSSR count). The molecule has 0 atom stereocenters. The van der Waals surface area contributed by atoms with Gasteiger partial charge in [-0.2, -0.15) is 0 Å². The van der Waals surface area contributed by atoms with Crippen LogP contribution in [0.5, 0.6) is 5.75 Å². The first kappa shape index (κ1) is 17.4. The molecule has 0 aliphatic carbocycles. The van der Waals surface area contributed by atoms with Crippen molar-refractivity contribution in [2.75, 3.05) is 13.2 Å². The summed E-state index contributed by atoms with van der Waals surface area (Å²) >= 11 is 0. The highest BCUT2D eigenvalue weighted by atomic mass is 19.1. The standard InChI is InChI=1S/C16H24FNO3/c1-4-16(5-2,15(19)20)11-18-10-12-7-8-14(21-6-3)13(17)9-12/h7-9,18H,4-6,10-11H2,1-3H3,(H,19,20). The first-order valence-corrected chi connectivity index (χ1v) is 7.34. The summed E-state index contributed by atoms with van der Waals surface area (Å²) in [5.74, 6) is -0.951. The van der Waals surface area contributed by atoms with Crippen molar-refractivity contribution in [3.05, 3.63) is 29.6 Å². The summed E-state index contributed by atoms with van der Waals surface area (Å²) < 4.78 is 18.9. The van der Waals surface area contributed by atoms with Gasteiger partial charge in [-0.25, -0.2) is 4.39 Å². The number of aliphatic carboxylic acids is 1. The molecular formula is C16H24FNO3. The summed E-state index contributed by atoms with van der Waals surface area (Å²) in [4.78, 5) is 11.4. The van der Waals surface area contributed by atoms with Crippen molar-refractivity contribution in [3.63, 3.8) is 0 Å². The predicted octanol–water partition coefficient (Wildman–Crippen LogP) is 3.21. The van der Waals surface area contributed by atoms with E-state index in [0.717, 1.165) is 5.56 Å². The van der Waals surface area contributed by atoms with Crippen LogP contribution < -0.4 is 10.1 Å². The molecular weight excluding hydrogens is 273 g/mol. The Morgan fingerprint density at radius 2 is 2.00 bits per heavy atom. The first-order valence-electron chi connectivity index (χ1n) is 7.34. The maximum atomic E-state index is 13.7. The molecule has 0 fully saturated rings. The van der Waals surface area contributed by atoms with Gasteiger partial charge in [-0.05, 0) is 37.5 Å². The van der Waals surface area contributed by atoms with Gasteiger partial charge in [0.1, 0.15) is 0 Å². The van der Waals surface area contributed by atoms with E-state index in [4.69, 9.17) is 4.74 Å². The third-order valence-electron chi connectivity index (χ3n) is 3.90. The van der Waals surface area contributed by atoms with E-state index in [1.807, 2.05) is 13.8 Å². The van der Waals surface area contributed by atoms with Gasteiger partial charge >= 0.3 is 5.97 Å². The molecule has 0 heterocycles. The van der Waals surface area contributed by atoms with E-state index >= 15 is 0 Å². The number of benzene rings is 1. The molecule has 0 unspecified atom stereocenters. The minimum atomic E-state index is -0.794. The van der Waals surface area contributed by atoms with Crippen LogP contribution in [-0.2, 0) is 11.3 Å². The number of carboxylic acid groups (broad SMARTS) is 1. The molecule has 1 aromatic rings. The zero-order valence-electron chi connectivity index (χ0n) is 12.9. The zero-order valence-corrected chi connectivity index (χ0v) is 12.9. The first-order chi connectivity index (χ1) is 9.99. The van der Waals surface area contributed by atoms with Gasteiger partial charge in [0.2, 0.25) is 0 Å². The number of carbonyl (C=O) groups is 1. The molecule has 5 heteroatoms.